The predicted molar refractivity (Wildman–Crippen MR) is 50.4 cm³/mol. The van der Waals surface area contributed by atoms with E-state index in [2.05, 4.69) is 22.7 Å². The zero-order chi connectivity index (χ0) is 8.55. The molecule has 2 aromatic heterocycles. The SMILES string of the molecule is Cc1ccc2nc(CS)nn2c1. The second-order valence-electron chi connectivity index (χ2n) is 2.70. The average molecular weight is 179 g/mol. The van der Waals surface area contributed by atoms with E-state index in [1.54, 1.807) is 4.52 Å². The van der Waals surface area contributed by atoms with E-state index in [1.807, 2.05) is 25.3 Å². The van der Waals surface area contributed by atoms with Gasteiger partial charge in [-0.15, -0.1) is 0 Å². The van der Waals surface area contributed by atoms with Crippen molar-refractivity contribution in [3.8, 4) is 0 Å². The van der Waals surface area contributed by atoms with Crippen LogP contribution in [0.25, 0.3) is 5.65 Å². The van der Waals surface area contributed by atoms with Crippen LogP contribution in [0.4, 0.5) is 0 Å². The van der Waals surface area contributed by atoms with Crippen LogP contribution in [0.2, 0.25) is 0 Å². The lowest BCUT2D eigenvalue weighted by Gasteiger charge is -1.91. The number of hydrogen-bond donors (Lipinski definition) is 1. The lowest BCUT2D eigenvalue weighted by molar-refractivity contribution is 0.919. The summed E-state index contributed by atoms with van der Waals surface area (Å²) in [5.41, 5.74) is 2.06. The molecule has 0 amide bonds. The van der Waals surface area contributed by atoms with E-state index in [-0.39, 0.29) is 0 Å². The first-order valence-corrected chi connectivity index (χ1v) is 4.35. The molecule has 0 spiro atoms. The summed E-state index contributed by atoms with van der Waals surface area (Å²) in [6.45, 7) is 2.03. The van der Waals surface area contributed by atoms with Crippen molar-refractivity contribution in [2.24, 2.45) is 0 Å². The van der Waals surface area contributed by atoms with Crippen molar-refractivity contribution in [2.45, 2.75) is 12.7 Å². The van der Waals surface area contributed by atoms with Crippen LogP contribution in [-0.2, 0) is 5.75 Å². The van der Waals surface area contributed by atoms with Crippen LogP contribution in [0.15, 0.2) is 18.3 Å². The summed E-state index contributed by atoms with van der Waals surface area (Å²) in [5.74, 6) is 1.35. The van der Waals surface area contributed by atoms with Gasteiger partial charge in [-0.05, 0) is 18.6 Å². The number of fused-ring (bicyclic) bond motifs is 1. The zero-order valence-corrected chi connectivity index (χ0v) is 7.62. The molecule has 0 atom stereocenters. The van der Waals surface area contributed by atoms with E-state index < -0.39 is 0 Å². The van der Waals surface area contributed by atoms with Gasteiger partial charge in [-0.2, -0.15) is 17.7 Å². The van der Waals surface area contributed by atoms with Gasteiger partial charge in [0, 0.05) is 6.20 Å². The van der Waals surface area contributed by atoms with Gasteiger partial charge in [0.25, 0.3) is 0 Å². The van der Waals surface area contributed by atoms with E-state index in [4.69, 9.17) is 0 Å². The maximum atomic E-state index is 4.25. The van der Waals surface area contributed by atoms with Crippen molar-refractivity contribution in [3.63, 3.8) is 0 Å². The van der Waals surface area contributed by atoms with Crippen LogP contribution in [0.1, 0.15) is 11.4 Å². The molecule has 0 unspecified atom stereocenters. The Balaban J connectivity index is 2.67. The maximum absolute atomic E-state index is 4.25. The Morgan fingerprint density at radius 2 is 2.33 bits per heavy atom. The molecule has 3 nitrogen and oxygen atoms in total. The van der Waals surface area contributed by atoms with Crippen molar-refractivity contribution in [3.05, 3.63) is 29.7 Å². The van der Waals surface area contributed by atoms with E-state index in [0.717, 1.165) is 11.5 Å². The molecule has 0 saturated carbocycles. The predicted octanol–water partition coefficient (Wildman–Crippen LogP) is 1.47. The third-order valence-corrected chi connectivity index (χ3v) is 1.95. The normalized spacial score (nSPS) is 10.8. The van der Waals surface area contributed by atoms with Gasteiger partial charge in [-0.25, -0.2) is 9.50 Å². The molecule has 62 valence electrons. The summed E-state index contributed by atoms with van der Waals surface area (Å²) in [6.07, 6.45) is 1.95. The summed E-state index contributed by atoms with van der Waals surface area (Å²) in [4.78, 5) is 4.25. The molecule has 12 heavy (non-hydrogen) atoms. The van der Waals surface area contributed by atoms with Gasteiger partial charge in [-0.1, -0.05) is 6.07 Å². The van der Waals surface area contributed by atoms with Crippen LogP contribution in [0.5, 0.6) is 0 Å². The molecule has 0 aliphatic heterocycles. The van der Waals surface area contributed by atoms with Gasteiger partial charge >= 0.3 is 0 Å². The number of aromatic nitrogens is 3. The van der Waals surface area contributed by atoms with Gasteiger partial charge < -0.3 is 0 Å². The standard InChI is InChI=1S/C8H9N3S/c1-6-2-3-8-9-7(5-12)10-11(8)4-6/h2-4,12H,5H2,1H3. The van der Waals surface area contributed by atoms with Crippen molar-refractivity contribution >= 4 is 18.3 Å². The minimum absolute atomic E-state index is 0.584. The first kappa shape index (κ1) is 7.61. The molecule has 2 aromatic rings. The van der Waals surface area contributed by atoms with Gasteiger partial charge in [0.05, 0.1) is 5.75 Å². The minimum Gasteiger partial charge on any atom is -0.221 e. The lowest BCUT2D eigenvalue weighted by atomic mass is 10.3. The number of pyridine rings is 1. The van der Waals surface area contributed by atoms with Gasteiger partial charge in [0.2, 0.25) is 0 Å². The fourth-order valence-corrected chi connectivity index (χ4v) is 1.23. The molecule has 0 radical (unpaired) electrons. The Labute approximate surface area is 75.8 Å². The summed E-state index contributed by atoms with van der Waals surface area (Å²) in [7, 11) is 0. The van der Waals surface area contributed by atoms with E-state index in [1.165, 1.54) is 5.56 Å². The van der Waals surface area contributed by atoms with Gasteiger partial charge in [0.1, 0.15) is 0 Å². The second kappa shape index (κ2) is 2.79. The van der Waals surface area contributed by atoms with Crippen LogP contribution in [0.3, 0.4) is 0 Å². The Bertz CT molecular complexity index is 408. The number of rotatable bonds is 1. The summed E-state index contributed by atoms with van der Waals surface area (Å²) >= 11 is 4.11. The van der Waals surface area contributed by atoms with E-state index >= 15 is 0 Å². The van der Waals surface area contributed by atoms with Crippen LogP contribution >= 0.6 is 12.6 Å². The first-order valence-electron chi connectivity index (χ1n) is 3.72. The summed E-state index contributed by atoms with van der Waals surface area (Å²) in [5, 5.41) is 4.22. The second-order valence-corrected chi connectivity index (χ2v) is 3.01. The van der Waals surface area contributed by atoms with Crippen LogP contribution < -0.4 is 0 Å². The molecule has 0 bridgehead atoms. The summed E-state index contributed by atoms with van der Waals surface area (Å²) in [6, 6.07) is 3.97. The Kier molecular flexibility index (Phi) is 1.77. The highest BCUT2D eigenvalue weighted by Gasteiger charge is 1.99. The summed E-state index contributed by atoms with van der Waals surface area (Å²) < 4.78 is 1.78. The third kappa shape index (κ3) is 1.18. The molecule has 0 N–H and O–H groups in total. The molecular formula is C8H9N3S. The molecule has 2 heterocycles. The van der Waals surface area contributed by atoms with E-state index in [0.29, 0.717) is 5.75 Å². The highest BCUT2D eigenvalue weighted by Crippen LogP contribution is 2.04. The first-order chi connectivity index (χ1) is 5.79. The Morgan fingerprint density at radius 3 is 3.08 bits per heavy atom. The molecule has 0 aliphatic carbocycles. The molecule has 0 aromatic carbocycles. The molecule has 4 heteroatoms. The Morgan fingerprint density at radius 1 is 1.50 bits per heavy atom. The molecule has 2 rings (SSSR count). The highest BCUT2D eigenvalue weighted by atomic mass is 32.1. The molecule has 0 aliphatic rings. The highest BCUT2D eigenvalue weighted by molar-refractivity contribution is 7.79. The van der Waals surface area contributed by atoms with E-state index in [9.17, 15) is 0 Å². The smallest absolute Gasteiger partial charge is 0.161 e. The largest absolute Gasteiger partial charge is 0.221 e. The fraction of sp³-hybridized carbons (Fsp3) is 0.250. The van der Waals surface area contributed by atoms with Crippen molar-refractivity contribution in [2.75, 3.05) is 0 Å². The Hall–Kier alpha value is -1.03. The van der Waals surface area contributed by atoms with Crippen molar-refractivity contribution in [1.82, 2.24) is 14.6 Å². The minimum atomic E-state index is 0.584. The lowest BCUT2D eigenvalue weighted by Crippen LogP contribution is -1.87. The fourth-order valence-electron chi connectivity index (χ4n) is 1.10. The van der Waals surface area contributed by atoms with Gasteiger partial charge in [0.15, 0.2) is 11.5 Å². The number of thiol groups is 1. The molecule has 0 fully saturated rings. The topological polar surface area (TPSA) is 30.2 Å². The van der Waals surface area contributed by atoms with Crippen LogP contribution in [0, 0.1) is 6.92 Å². The third-order valence-electron chi connectivity index (χ3n) is 1.66. The number of nitrogens with zero attached hydrogens (tertiary/aromatic N) is 3. The number of hydrogen-bond acceptors (Lipinski definition) is 3. The molecular weight excluding hydrogens is 170 g/mol. The zero-order valence-electron chi connectivity index (χ0n) is 6.73. The number of aryl methyl sites for hydroxylation is 1. The molecule has 0 saturated heterocycles. The quantitative estimate of drug-likeness (QED) is 0.672. The van der Waals surface area contributed by atoms with Crippen LogP contribution in [-0.4, -0.2) is 14.6 Å². The monoisotopic (exact) mass is 179 g/mol. The average Bonchev–Trinajstić information content (AvgIpc) is 2.46. The van der Waals surface area contributed by atoms with Gasteiger partial charge in [-0.3, -0.25) is 0 Å². The van der Waals surface area contributed by atoms with Crippen molar-refractivity contribution < 1.29 is 0 Å². The van der Waals surface area contributed by atoms with Crippen molar-refractivity contribution in [1.29, 1.82) is 0 Å². The maximum Gasteiger partial charge on any atom is 0.161 e.